The molecule has 8 nitrogen and oxygen atoms in total. The van der Waals surface area contributed by atoms with Gasteiger partial charge in [0.05, 0.1) is 11.8 Å². The molecular weight excluding hydrogens is 489 g/mol. The first kappa shape index (κ1) is 27.1. The predicted octanol–water partition coefficient (Wildman–Crippen LogP) is 1.75. The number of benzene rings is 1. The van der Waals surface area contributed by atoms with Crippen molar-refractivity contribution in [1.82, 2.24) is 15.0 Å². The fraction of sp³-hybridized carbons (Fsp3) is 0.350. The average Bonchev–Trinajstić information content (AvgIpc) is 2.80. The average molecular weight is 509 g/mol. The van der Waals surface area contributed by atoms with Gasteiger partial charge in [-0.2, -0.15) is 17.6 Å². The molecule has 34 heavy (non-hydrogen) atoms. The first-order valence-corrected chi connectivity index (χ1v) is 11.3. The van der Waals surface area contributed by atoms with Gasteiger partial charge in [-0.25, -0.2) is 17.5 Å². The number of aryl methyl sites for hydroxylation is 1. The van der Waals surface area contributed by atoms with Crippen LogP contribution in [0.3, 0.4) is 0 Å². The van der Waals surface area contributed by atoms with Crippen LogP contribution in [-0.4, -0.2) is 61.6 Å². The van der Waals surface area contributed by atoms with Gasteiger partial charge in [0.25, 0.3) is 5.91 Å². The minimum atomic E-state index is -4.26. The number of hydrogen-bond donors (Lipinski definition) is 3. The Hall–Kier alpha value is -3.13. The summed E-state index contributed by atoms with van der Waals surface area (Å²) in [4.78, 5) is 26.0. The molecule has 1 heterocycles. The van der Waals surface area contributed by atoms with Crippen molar-refractivity contribution in [2.45, 2.75) is 31.4 Å². The van der Waals surface area contributed by atoms with E-state index in [0.29, 0.717) is 16.8 Å². The summed E-state index contributed by atoms with van der Waals surface area (Å²) in [5, 5.41) is 11.9. The van der Waals surface area contributed by atoms with E-state index in [1.165, 1.54) is 41.3 Å². The minimum absolute atomic E-state index is 0.147. The Bertz CT molecular complexity index is 1080. The summed E-state index contributed by atoms with van der Waals surface area (Å²) < 4.78 is 86.7. The maximum atomic E-state index is 13.1. The Morgan fingerprint density at radius 2 is 1.53 bits per heavy atom. The largest absolute Gasteiger partial charge is 0.386 e. The molecule has 186 valence electrons. The molecule has 14 heteroatoms. The van der Waals surface area contributed by atoms with E-state index in [0.717, 1.165) is 0 Å². The zero-order chi connectivity index (χ0) is 25.5. The number of sulfonamides is 1. The van der Waals surface area contributed by atoms with Gasteiger partial charge in [0.2, 0.25) is 10.0 Å². The first-order chi connectivity index (χ1) is 15.9. The lowest BCUT2D eigenvalue weighted by atomic mass is 9.99. The van der Waals surface area contributed by atoms with E-state index in [-0.39, 0.29) is 12.0 Å². The number of alkyl halides is 5. The summed E-state index contributed by atoms with van der Waals surface area (Å²) in [5.41, 5.74) is 1.65. The van der Waals surface area contributed by atoms with Crippen LogP contribution in [0.1, 0.15) is 17.4 Å². The molecule has 0 aliphatic rings. The van der Waals surface area contributed by atoms with Crippen LogP contribution in [0.4, 0.5) is 22.0 Å². The second kappa shape index (κ2) is 11.8. The van der Waals surface area contributed by atoms with E-state index in [2.05, 4.69) is 4.98 Å². The second-order valence-corrected chi connectivity index (χ2v) is 8.85. The van der Waals surface area contributed by atoms with Crippen LogP contribution in [0.25, 0.3) is 11.1 Å². The molecule has 2 aromatic rings. The van der Waals surface area contributed by atoms with Crippen molar-refractivity contribution in [3.8, 4) is 11.1 Å². The van der Waals surface area contributed by atoms with Crippen molar-refractivity contribution in [2.24, 2.45) is 0 Å². The summed E-state index contributed by atoms with van der Waals surface area (Å²) in [5.74, 6) is -4.25. The van der Waals surface area contributed by atoms with Crippen LogP contribution < -0.4 is 10.0 Å². The summed E-state index contributed by atoms with van der Waals surface area (Å²) >= 11 is 0. The Kier molecular flexibility index (Phi) is 9.44. The van der Waals surface area contributed by atoms with Crippen molar-refractivity contribution in [3.05, 3.63) is 53.9 Å². The lowest BCUT2D eigenvalue weighted by molar-refractivity contribution is -0.133. The number of aliphatic hydroxyl groups is 1. The molecule has 2 amide bonds. The molecule has 0 aliphatic carbocycles. The third kappa shape index (κ3) is 7.73. The molecule has 2 rings (SSSR count). The van der Waals surface area contributed by atoms with Crippen LogP contribution in [-0.2, 0) is 26.0 Å². The summed E-state index contributed by atoms with van der Waals surface area (Å²) in [7, 11) is -4.26. The molecule has 0 spiro atoms. The van der Waals surface area contributed by atoms with Gasteiger partial charge < -0.3 is 10.4 Å². The Morgan fingerprint density at radius 3 is 2.03 bits per heavy atom. The quantitative estimate of drug-likeness (QED) is 0.397. The number of rotatable bonds is 11. The Labute approximate surface area is 191 Å². The van der Waals surface area contributed by atoms with E-state index in [4.69, 9.17) is 0 Å². The smallest absolute Gasteiger partial charge is 0.316 e. The summed E-state index contributed by atoms with van der Waals surface area (Å²) in [6.45, 7) is -1.27. The molecule has 2 atom stereocenters. The molecular formula is C20H20F5N3O5S. The molecule has 1 aromatic heterocycles. The van der Waals surface area contributed by atoms with Gasteiger partial charge >= 0.3 is 18.8 Å². The highest BCUT2D eigenvalue weighted by molar-refractivity contribution is 7.90. The Morgan fingerprint density at radius 1 is 0.941 bits per heavy atom. The monoisotopic (exact) mass is 509 g/mol. The third-order valence-electron chi connectivity index (χ3n) is 4.56. The van der Waals surface area contributed by atoms with Gasteiger partial charge in [0.1, 0.15) is 12.8 Å². The van der Waals surface area contributed by atoms with E-state index in [9.17, 15) is 45.1 Å². The molecule has 0 saturated carbocycles. The number of amides is 2. The number of hydrogen-bond acceptors (Lipinski definition) is 6. The number of pyridine rings is 1. The number of nitrogens with zero attached hydrogens (tertiary/aromatic N) is 1. The van der Waals surface area contributed by atoms with Crippen molar-refractivity contribution in [2.75, 3.05) is 12.4 Å². The molecule has 0 saturated heterocycles. The first-order valence-electron chi connectivity index (χ1n) is 9.64. The van der Waals surface area contributed by atoms with Gasteiger partial charge in [-0.05, 0) is 17.2 Å². The number of aliphatic hydroxyl groups excluding tert-OH is 1. The van der Waals surface area contributed by atoms with Crippen LogP contribution in [0.5, 0.6) is 0 Å². The maximum Gasteiger partial charge on any atom is 0.316 e. The van der Waals surface area contributed by atoms with Crippen molar-refractivity contribution < 1.29 is 45.1 Å². The zero-order valence-corrected chi connectivity index (χ0v) is 18.1. The van der Waals surface area contributed by atoms with Crippen molar-refractivity contribution >= 4 is 21.8 Å². The van der Waals surface area contributed by atoms with Gasteiger partial charge in [-0.3, -0.25) is 14.6 Å². The third-order valence-corrected chi connectivity index (χ3v) is 5.82. The fourth-order valence-electron chi connectivity index (χ4n) is 2.78. The second-order valence-electron chi connectivity index (χ2n) is 7.01. The Balaban J connectivity index is 2.02. The highest BCUT2D eigenvalue weighted by Gasteiger charge is 2.26. The molecule has 0 aliphatic heterocycles. The van der Waals surface area contributed by atoms with Crippen LogP contribution in [0.15, 0.2) is 42.6 Å². The van der Waals surface area contributed by atoms with Gasteiger partial charge in [0.15, 0.2) is 0 Å². The standard InChI is InChI=1S/C20H20F5N3O5S/c21-9-15(27-19(30)17(22)23)16(29)12-3-1-11(2-4-12)13-5-6-14(26-10-13)7-8-34(32,33)28-20(31)18(24)25/h1-6,10,15-18,29H,7-9H2,(H,27,30)(H,28,31)/t15-,16-/m1/s1. The summed E-state index contributed by atoms with van der Waals surface area (Å²) in [6.07, 6.45) is -7.13. The molecule has 3 N–H and O–H groups in total. The number of nitrogens with one attached hydrogen (secondary N) is 2. The lowest BCUT2D eigenvalue weighted by Gasteiger charge is -2.22. The molecule has 0 fully saturated rings. The topological polar surface area (TPSA) is 125 Å². The summed E-state index contributed by atoms with van der Waals surface area (Å²) in [6, 6.07) is 7.39. The van der Waals surface area contributed by atoms with Gasteiger partial charge in [-0.15, -0.1) is 0 Å². The number of halogens is 5. The van der Waals surface area contributed by atoms with E-state index in [1.54, 1.807) is 11.4 Å². The van der Waals surface area contributed by atoms with Crippen molar-refractivity contribution in [3.63, 3.8) is 0 Å². The normalized spacial score (nSPS) is 13.5. The molecule has 0 radical (unpaired) electrons. The van der Waals surface area contributed by atoms with Crippen molar-refractivity contribution in [1.29, 1.82) is 0 Å². The van der Waals surface area contributed by atoms with E-state index >= 15 is 0 Å². The number of carbonyl (C=O) groups is 2. The molecule has 0 unspecified atom stereocenters. The number of aromatic nitrogens is 1. The minimum Gasteiger partial charge on any atom is -0.386 e. The SMILES string of the molecule is O=C(N[C@H](CF)[C@H](O)c1ccc(-c2ccc(CCS(=O)(=O)NC(=O)C(F)F)nc2)cc1)C(F)F. The van der Waals surface area contributed by atoms with Gasteiger partial charge in [-0.1, -0.05) is 30.3 Å². The van der Waals surface area contributed by atoms with Crippen LogP contribution >= 0.6 is 0 Å². The number of carbonyl (C=O) groups excluding carboxylic acids is 2. The highest BCUT2D eigenvalue weighted by Crippen LogP contribution is 2.24. The zero-order valence-electron chi connectivity index (χ0n) is 17.3. The fourth-order valence-corrected chi connectivity index (χ4v) is 3.76. The highest BCUT2D eigenvalue weighted by atomic mass is 32.2. The van der Waals surface area contributed by atoms with Gasteiger partial charge in [0, 0.05) is 23.9 Å². The molecule has 0 bridgehead atoms. The molecule has 1 aromatic carbocycles. The van der Waals surface area contributed by atoms with E-state index < -0.39 is 59.3 Å². The van der Waals surface area contributed by atoms with Crippen LogP contribution in [0, 0.1) is 0 Å². The lowest BCUT2D eigenvalue weighted by Crippen LogP contribution is -2.43. The van der Waals surface area contributed by atoms with E-state index in [1.807, 2.05) is 0 Å². The predicted molar refractivity (Wildman–Crippen MR) is 110 cm³/mol. The van der Waals surface area contributed by atoms with Crippen LogP contribution in [0.2, 0.25) is 0 Å². The maximum absolute atomic E-state index is 13.1.